The fourth-order valence-electron chi connectivity index (χ4n) is 1.65. The van der Waals surface area contributed by atoms with Crippen molar-refractivity contribution in [2.24, 2.45) is 0 Å². The third-order valence-corrected chi connectivity index (χ3v) is 4.13. The third-order valence-electron chi connectivity index (χ3n) is 2.80. The van der Waals surface area contributed by atoms with Gasteiger partial charge in [0.05, 0.1) is 0 Å². The molecule has 0 saturated heterocycles. The normalized spacial score (nSPS) is 11.3. The second-order valence-corrected chi connectivity index (χ2v) is 6.10. The Bertz CT molecular complexity index is 535. The highest BCUT2D eigenvalue weighted by Gasteiger charge is 2.22. The van der Waals surface area contributed by atoms with Gasteiger partial charge in [-0.25, -0.2) is 0 Å². The Balaban J connectivity index is 2.01. The lowest BCUT2D eigenvalue weighted by Crippen LogP contribution is -2.18. The molecule has 3 heteroatoms. The van der Waals surface area contributed by atoms with E-state index >= 15 is 0 Å². The molecule has 98 valence electrons. The van der Waals surface area contributed by atoms with Crippen molar-refractivity contribution in [3.05, 3.63) is 71.8 Å². The van der Waals surface area contributed by atoms with Crippen LogP contribution in [0, 0.1) is 0 Å². The van der Waals surface area contributed by atoms with Gasteiger partial charge in [0.1, 0.15) is 9.80 Å². The lowest BCUT2D eigenvalue weighted by molar-refractivity contribution is 0.144. The van der Waals surface area contributed by atoms with Crippen LogP contribution in [0.3, 0.4) is 0 Å². The summed E-state index contributed by atoms with van der Waals surface area (Å²) in [6, 6.07) is 20.1. The van der Waals surface area contributed by atoms with Gasteiger partial charge < -0.3 is 0 Å². The van der Waals surface area contributed by atoms with Gasteiger partial charge in [0, 0.05) is 17.6 Å². The second-order valence-electron chi connectivity index (χ2n) is 4.70. The second kappa shape index (κ2) is 6.33. The predicted octanol–water partition coefficient (Wildman–Crippen LogP) is 4.96. The van der Waals surface area contributed by atoms with Crippen molar-refractivity contribution in [3.63, 3.8) is 0 Å². The van der Waals surface area contributed by atoms with Crippen molar-refractivity contribution in [1.29, 1.82) is 0 Å². The summed E-state index contributed by atoms with van der Waals surface area (Å²) in [7, 11) is 0. The van der Waals surface area contributed by atoms with Gasteiger partial charge in [0.25, 0.3) is 0 Å². The average Bonchev–Trinajstić information content (AvgIpc) is 2.47. The maximum absolute atomic E-state index is 5.91. The average molecular weight is 288 g/mol. The van der Waals surface area contributed by atoms with E-state index in [1.165, 1.54) is 12.0 Å². The minimum atomic E-state index is -0.370. The molecule has 2 aromatic rings. The van der Waals surface area contributed by atoms with E-state index in [-0.39, 0.29) is 5.60 Å². The number of hydrogen-bond acceptors (Lipinski definition) is 3. The summed E-state index contributed by atoms with van der Waals surface area (Å²) in [5.41, 5.74) is 1.79. The largest absolute Gasteiger partial charge is 0.299 e. The summed E-state index contributed by atoms with van der Waals surface area (Å²) in [5, 5.41) is 0. The van der Waals surface area contributed by atoms with Gasteiger partial charge in [-0.05, 0) is 19.4 Å². The van der Waals surface area contributed by atoms with Crippen molar-refractivity contribution in [3.8, 4) is 0 Å². The molecular formula is C16H16OS2. The van der Waals surface area contributed by atoms with Crippen LogP contribution in [0.2, 0.25) is 0 Å². The zero-order chi connectivity index (χ0) is 13.7. The highest BCUT2D eigenvalue weighted by Crippen LogP contribution is 2.30. The third kappa shape index (κ3) is 3.90. The molecule has 0 spiro atoms. The number of rotatable bonds is 4. The van der Waals surface area contributed by atoms with Crippen molar-refractivity contribution in [1.82, 2.24) is 0 Å². The zero-order valence-corrected chi connectivity index (χ0v) is 12.6. The van der Waals surface area contributed by atoms with Gasteiger partial charge in [0.2, 0.25) is 0 Å². The monoisotopic (exact) mass is 288 g/mol. The molecule has 0 N–H and O–H groups in total. The summed E-state index contributed by atoms with van der Waals surface area (Å²) < 4.78 is 6.66. The Labute approximate surface area is 124 Å². The summed E-state index contributed by atoms with van der Waals surface area (Å²) >= 11 is 6.64. The van der Waals surface area contributed by atoms with Gasteiger partial charge in [-0.3, -0.25) is 4.18 Å². The molecule has 0 radical (unpaired) electrons. The van der Waals surface area contributed by atoms with Crippen LogP contribution in [-0.4, -0.2) is 4.20 Å². The minimum Gasteiger partial charge on any atom is -0.299 e. The molecule has 0 saturated carbocycles. The molecule has 0 aliphatic heterocycles. The van der Waals surface area contributed by atoms with Gasteiger partial charge in [0.15, 0.2) is 0 Å². The van der Waals surface area contributed by atoms with E-state index < -0.39 is 0 Å². The zero-order valence-electron chi connectivity index (χ0n) is 11.0. The fraction of sp³-hybridized carbons (Fsp3) is 0.188. The lowest BCUT2D eigenvalue weighted by atomic mass is 9.99. The SMILES string of the molecule is CC(C)(OSC(=S)c1ccccc1)c1ccccc1. The lowest BCUT2D eigenvalue weighted by Gasteiger charge is -2.24. The van der Waals surface area contributed by atoms with Crippen LogP contribution in [0.4, 0.5) is 0 Å². The van der Waals surface area contributed by atoms with Crippen LogP contribution in [0.25, 0.3) is 0 Å². The van der Waals surface area contributed by atoms with E-state index in [1.807, 2.05) is 62.4 Å². The standard InChI is InChI=1S/C16H16OS2/c1-16(2,14-11-7-4-8-12-14)17-19-15(18)13-9-5-3-6-10-13/h3-12H,1-2H3. The highest BCUT2D eigenvalue weighted by atomic mass is 32.2. The fourth-order valence-corrected chi connectivity index (χ4v) is 2.50. The van der Waals surface area contributed by atoms with Crippen molar-refractivity contribution < 1.29 is 4.18 Å². The van der Waals surface area contributed by atoms with Gasteiger partial charge in [-0.15, -0.1) is 0 Å². The molecule has 0 heterocycles. The van der Waals surface area contributed by atoms with Crippen LogP contribution in [0.5, 0.6) is 0 Å². The van der Waals surface area contributed by atoms with Gasteiger partial charge in [-0.1, -0.05) is 72.9 Å². The number of benzene rings is 2. The van der Waals surface area contributed by atoms with E-state index in [4.69, 9.17) is 16.4 Å². The number of hydrogen-bond donors (Lipinski definition) is 0. The molecule has 2 rings (SSSR count). The van der Waals surface area contributed by atoms with Crippen LogP contribution in [0.15, 0.2) is 60.7 Å². The predicted molar refractivity (Wildman–Crippen MR) is 86.3 cm³/mol. The van der Waals surface area contributed by atoms with E-state index in [0.29, 0.717) is 0 Å². The summed E-state index contributed by atoms with van der Waals surface area (Å²) in [6.07, 6.45) is 0. The Morgan fingerprint density at radius 1 is 0.947 bits per heavy atom. The van der Waals surface area contributed by atoms with Gasteiger partial charge in [-0.2, -0.15) is 0 Å². The Morgan fingerprint density at radius 2 is 1.47 bits per heavy atom. The van der Waals surface area contributed by atoms with Crippen molar-refractivity contribution >= 4 is 28.5 Å². The van der Waals surface area contributed by atoms with E-state index in [1.54, 1.807) is 0 Å². The maximum Gasteiger partial charge on any atom is 0.105 e. The first-order valence-corrected chi connectivity index (χ1v) is 7.25. The van der Waals surface area contributed by atoms with Crippen LogP contribution >= 0.6 is 24.3 Å². The van der Waals surface area contributed by atoms with E-state index in [9.17, 15) is 0 Å². The molecule has 0 amide bonds. The molecule has 0 unspecified atom stereocenters. The molecule has 19 heavy (non-hydrogen) atoms. The molecule has 0 bridgehead atoms. The Morgan fingerprint density at radius 3 is 2.05 bits per heavy atom. The minimum absolute atomic E-state index is 0.370. The first-order valence-electron chi connectivity index (χ1n) is 6.10. The number of thiocarbonyl (C=S) groups is 1. The molecule has 0 aliphatic carbocycles. The first kappa shape index (κ1) is 14.3. The van der Waals surface area contributed by atoms with Crippen molar-refractivity contribution in [2.45, 2.75) is 19.4 Å². The summed E-state index contributed by atoms with van der Waals surface area (Å²) in [5.74, 6) is 0. The van der Waals surface area contributed by atoms with E-state index in [0.717, 1.165) is 15.3 Å². The molecule has 0 atom stereocenters. The molecule has 0 aliphatic rings. The van der Waals surface area contributed by atoms with Crippen LogP contribution in [0.1, 0.15) is 25.0 Å². The maximum atomic E-state index is 5.91. The topological polar surface area (TPSA) is 9.23 Å². The van der Waals surface area contributed by atoms with E-state index in [2.05, 4.69) is 12.1 Å². The summed E-state index contributed by atoms with van der Waals surface area (Å²) in [6.45, 7) is 4.09. The van der Waals surface area contributed by atoms with Crippen LogP contribution in [-0.2, 0) is 9.78 Å². The molecule has 0 fully saturated rings. The quantitative estimate of drug-likeness (QED) is 0.581. The van der Waals surface area contributed by atoms with Crippen LogP contribution < -0.4 is 0 Å². The highest BCUT2D eigenvalue weighted by molar-refractivity contribution is 8.20. The Kier molecular flexibility index (Phi) is 4.75. The molecule has 2 aromatic carbocycles. The Hall–Kier alpha value is -1.16. The molecular weight excluding hydrogens is 272 g/mol. The first-order chi connectivity index (χ1) is 9.09. The molecule has 0 aromatic heterocycles. The molecule has 1 nitrogen and oxygen atoms in total. The summed E-state index contributed by atoms with van der Waals surface area (Å²) in [4.78, 5) is 0. The van der Waals surface area contributed by atoms with Gasteiger partial charge >= 0.3 is 0 Å². The van der Waals surface area contributed by atoms with Crippen molar-refractivity contribution in [2.75, 3.05) is 0 Å². The smallest absolute Gasteiger partial charge is 0.105 e.